The van der Waals surface area contributed by atoms with E-state index in [1.165, 1.54) is 19.2 Å². The minimum absolute atomic E-state index is 0.0398. The van der Waals surface area contributed by atoms with Crippen LogP contribution in [0.3, 0.4) is 0 Å². The summed E-state index contributed by atoms with van der Waals surface area (Å²) in [4.78, 5) is 0. The molecule has 0 spiro atoms. The highest BCUT2D eigenvalue weighted by Crippen LogP contribution is 2.49. The van der Waals surface area contributed by atoms with Crippen LogP contribution in [0.1, 0.15) is 29.5 Å². The average molecular weight is 513 g/mol. The average Bonchev–Trinajstić information content (AvgIpc) is 3.35. The van der Waals surface area contributed by atoms with Crippen LogP contribution in [0.5, 0.6) is 23.1 Å². The molecule has 38 heavy (non-hydrogen) atoms. The number of para-hydroxylation sites is 1. The number of nitrogens with two attached hydrogens (primary N) is 1. The summed E-state index contributed by atoms with van der Waals surface area (Å²) in [6.07, 6.45) is 0. The number of rotatable bonds is 8. The van der Waals surface area contributed by atoms with Crippen molar-refractivity contribution in [3.05, 3.63) is 101 Å². The lowest BCUT2D eigenvalue weighted by Gasteiger charge is -2.26. The third-order valence-electron chi connectivity index (χ3n) is 6.23. The maximum Gasteiger partial charge on any atom is 0.244 e. The second kappa shape index (κ2) is 10.6. The Morgan fingerprint density at radius 3 is 2.53 bits per heavy atom. The molecule has 0 saturated heterocycles. The summed E-state index contributed by atoms with van der Waals surface area (Å²) in [6.45, 7) is 2.63. The van der Waals surface area contributed by atoms with Crippen LogP contribution in [0.25, 0.3) is 11.3 Å². The lowest BCUT2D eigenvalue weighted by atomic mass is 9.82. The van der Waals surface area contributed by atoms with E-state index in [0.29, 0.717) is 34.9 Å². The number of aromatic nitrogens is 2. The molecule has 8 nitrogen and oxygen atoms in total. The molecular weight excluding hydrogens is 487 g/mol. The summed E-state index contributed by atoms with van der Waals surface area (Å²) >= 11 is 0. The zero-order chi connectivity index (χ0) is 26.6. The van der Waals surface area contributed by atoms with Gasteiger partial charge in [0.15, 0.2) is 11.5 Å². The maximum atomic E-state index is 13.4. The van der Waals surface area contributed by atoms with E-state index in [-0.39, 0.29) is 29.8 Å². The van der Waals surface area contributed by atoms with E-state index >= 15 is 0 Å². The predicted molar refractivity (Wildman–Crippen MR) is 138 cm³/mol. The topological polar surface area (TPSA) is 115 Å². The van der Waals surface area contributed by atoms with E-state index in [0.717, 1.165) is 16.9 Å². The highest BCUT2D eigenvalue weighted by atomic mass is 19.1. The van der Waals surface area contributed by atoms with Crippen molar-refractivity contribution in [3.63, 3.8) is 0 Å². The molecule has 4 aromatic rings. The molecule has 1 unspecified atom stereocenters. The van der Waals surface area contributed by atoms with E-state index in [9.17, 15) is 9.65 Å². The Balaban J connectivity index is 1.62. The van der Waals surface area contributed by atoms with Gasteiger partial charge in [0.05, 0.1) is 30.9 Å². The molecule has 0 fully saturated rings. The largest absolute Gasteiger partial charge is 0.494 e. The van der Waals surface area contributed by atoms with Gasteiger partial charge in [-0.3, -0.25) is 5.10 Å². The summed E-state index contributed by atoms with van der Waals surface area (Å²) in [5, 5.41) is 17.5. The van der Waals surface area contributed by atoms with Gasteiger partial charge >= 0.3 is 0 Å². The van der Waals surface area contributed by atoms with Crippen molar-refractivity contribution in [2.75, 3.05) is 13.7 Å². The number of aromatic amines is 1. The highest BCUT2D eigenvalue weighted by molar-refractivity contribution is 5.72. The standard InChI is InChI=1S/C29H25FN4O4/c1-3-36-20-13-9-18(10-14-20)26-25-24(22(15-31)28(32)38-29(25)34-33-26)21-5-4-6-23(35-2)27(21)37-16-17-7-11-19(30)12-8-17/h4-14,24H,3,16,32H2,1-2H3,(H,33,34). The number of nitriles is 1. The first kappa shape index (κ1) is 24.7. The monoisotopic (exact) mass is 512 g/mol. The second-order valence-corrected chi connectivity index (χ2v) is 8.49. The Morgan fingerprint density at radius 1 is 1.08 bits per heavy atom. The highest BCUT2D eigenvalue weighted by Gasteiger charge is 2.38. The van der Waals surface area contributed by atoms with Gasteiger partial charge in [0.1, 0.15) is 29.8 Å². The number of nitrogens with one attached hydrogen (secondary N) is 1. The number of allylic oxidation sites excluding steroid dienone is 1. The van der Waals surface area contributed by atoms with Crippen molar-refractivity contribution in [1.29, 1.82) is 5.26 Å². The van der Waals surface area contributed by atoms with Crippen LogP contribution < -0.4 is 24.7 Å². The van der Waals surface area contributed by atoms with Gasteiger partial charge in [0, 0.05) is 11.1 Å². The van der Waals surface area contributed by atoms with E-state index < -0.39 is 5.92 Å². The maximum absolute atomic E-state index is 13.4. The molecule has 0 amide bonds. The number of benzene rings is 3. The number of methoxy groups -OCH3 is 1. The Morgan fingerprint density at radius 2 is 1.84 bits per heavy atom. The third kappa shape index (κ3) is 4.60. The van der Waals surface area contributed by atoms with Crippen LogP contribution in [-0.4, -0.2) is 23.9 Å². The van der Waals surface area contributed by atoms with E-state index in [2.05, 4.69) is 16.3 Å². The van der Waals surface area contributed by atoms with Crippen molar-refractivity contribution in [2.24, 2.45) is 5.73 Å². The molecule has 5 rings (SSSR count). The third-order valence-corrected chi connectivity index (χ3v) is 6.23. The number of hydrogen-bond acceptors (Lipinski definition) is 7. The zero-order valence-corrected chi connectivity index (χ0v) is 20.8. The van der Waals surface area contributed by atoms with Gasteiger partial charge in [-0.1, -0.05) is 24.3 Å². The smallest absolute Gasteiger partial charge is 0.244 e. The van der Waals surface area contributed by atoms with Crippen molar-refractivity contribution in [3.8, 4) is 40.5 Å². The molecule has 1 aliphatic heterocycles. The first-order chi connectivity index (χ1) is 18.5. The molecular formula is C29H25FN4O4. The number of hydrogen-bond donors (Lipinski definition) is 2. The quantitative estimate of drug-likeness (QED) is 0.324. The van der Waals surface area contributed by atoms with Crippen LogP contribution >= 0.6 is 0 Å². The summed E-state index contributed by atoms with van der Waals surface area (Å²) < 4.78 is 36.6. The van der Waals surface area contributed by atoms with Crippen molar-refractivity contribution < 1.29 is 23.3 Å². The van der Waals surface area contributed by atoms with Crippen molar-refractivity contribution >= 4 is 0 Å². The second-order valence-electron chi connectivity index (χ2n) is 8.49. The number of H-pyrrole nitrogens is 1. The number of ether oxygens (including phenoxy) is 4. The molecule has 3 N–H and O–H groups in total. The van der Waals surface area contributed by atoms with Crippen LogP contribution in [0.4, 0.5) is 4.39 Å². The predicted octanol–water partition coefficient (Wildman–Crippen LogP) is 5.42. The van der Waals surface area contributed by atoms with Crippen LogP contribution in [0.15, 0.2) is 78.2 Å². The van der Waals surface area contributed by atoms with Crippen LogP contribution in [0.2, 0.25) is 0 Å². The van der Waals surface area contributed by atoms with Gasteiger partial charge in [-0.05, 0) is 55.0 Å². The molecule has 3 aromatic carbocycles. The van der Waals surface area contributed by atoms with Gasteiger partial charge in [-0.25, -0.2) is 4.39 Å². The van der Waals surface area contributed by atoms with Crippen molar-refractivity contribution in [2.45, 2.75) is 19.4 Å². The summed E-state index contributed by atoms with van der Waals surface area (Å²) in [5.74, 6) is 0.870. The lowest BCUT2D eigenvalue weighted by molar-refractivity contribution is 0.280. The molecule has 1 aromatic heterocycles. The molecule has 0 saturated carbocycles. The molecule has 2 heterocycles. The Kier molecular flexibility index (Phi) is 6.87. The Labute approximate surface area is 219 Å². The van der Waals surface area contributed by atoms with Crippen LogP contribution in [-0.2, 0) is 6.61 Å². The number of halogens is 1. The molecule has 0 radical (unpaired) electrons. The number of fused-ring (bicyclic) bond motifs is 1. The Hall–Kier alpha value is -4.97. The van der Waals surface area contributed by atoms with E-state index in [1.807, 2.05) is 43.3 Å². The van der Waals surface area contributed by atoms with Gasteiger partial charge in [-0.2, -0.15) is 5.26 Å². The van der Waals surface area contributed by atoms with E-state index in [1.54, 1.807) is 18.2 Å². The zero-order valence-electron chi connectivity index (χ0n) is 20.8. The molecule has 1 aliphatic rings. The lowest BCUT2D eigenvalue weighted by Crippen LogP contribution is -2.21. The van der Waals surface area contributed by atoms with Crippen LogP contribution in [0, 0.1) is 17.1 Å². The van der Waals surface area contributed by atoms with Gasteiger partial charge in [-0.15, -0.1) is 5.10 Å². The normalized spacial score (nSPS) is 14.3. The first-order valence-corrected chi connectivity index (χ1v) is 12.0. The fourth-order valence-corrected chi connectivity index (χ4v) is 4.47. The summed E-state index contributed by atoms with van der Waals surface area (Å²) in [6, 6.07) is 21.2. The fourth-order valence-electron chi connectivity index (χ4n) is 4.47. The fraction of sp³-hybridized carbons (Fsp3) is 0.172. The summed E-state index contributed by atoms with van der Waals surface area (Å²) in [7, 11) is 1.54. The summed E-state index contributed by atoms with van der Waals surface area (Å²) in [5.41, 5.74) is 9.95. The minimum Gasteiger partial charge on any atom is -0.494 e. The molecule has 0 bridgehead atoms. The molecule has 1 atom stereocenters. The molecule has 0 aliphatic carbocycles. The molecule has 9 heteroatoms. The first-order valence-electron chi connectivity index (χ1n) is 12.0. The molecule has 192 valence electrons. The minimum atomic E-state index is -0.664. The van der Waals surface area contributed by atoms with Gasteiger partial charge < -0.3 is 24.7 Å². The number of nitrogens with zero attached hydrogens (tertiary/aromatic N) is 2. The van der Waals surface area contributed by atoms with Gasteiger partial charge in [0.2, 0.25) is 11.8 Å². The Bertz CT molecular complexity index is 1520. The van der Waals surface area contributed by atoms with Gasteiger partial charge in [0.25, 0.3) is 0 Å². The van der Waals surface area contributed by atoms with E-state index in [4.69, 9.17) is 24.7 Å². The SMILES string of the molecule is CCOc1ccc(-c2[nH]nc3c2C(c2cccc(OC)c2OCc2ccc(F)cc2)C(C#N)=C(N)O3)cc1. The van der Waals surface area contributed by atoms with Crippen molar-refractivity contribution in [1.82, 2.24) is 10.2 Å².